The predicted octanol–water partition coefficient (Wildman–Crippen LogP) is 1.79. The Bertz CT molecular complexity index is 353. The molecule has 2 aliphatic heterocycles. The van der Waals surface area contributed by atoms with E-state index < -0.39 is 0 Å². The minimum Gasteiger partial charge on any atom is -0.376 e. The highest BCUT2D eigenvalue weighted by Gasteiger charge is 2.44. The van der Waals surface area contributed by atoms with Crippen molar-refractivity contribution in [2.24, 2.45) is 0 Å². The molecule has 0 unspecified atom stereocenters. The van der Waals surface area contributed by atoms with Crippen molar-refractivity contribution < 1.29 is 18.9 Å². The third-order valence-corrected chi connectivity index (χ3v) is 4.00. The van der Waals surface area contributed by atoms with Crippen LogP contribution >= 0.6 is 11.3 Å². The standard InChI is InChI=1S/C12H16O4S/c1-13-10-4-9(11-6-15-12(10)16-11)14-5-8-2-3-17-7-8/h2-3,7,9-12H,4-6H2,1H3/t9-,10+,11+,12+/m0/s1. The van der Waals surface area contributed by atoms with Crippen LogP contribution in [0.3, 0.4) is 0 Å². The van der Waals surface area contributed by atoms with E-state index in [2.05, 4.69) is 16.8 Å². The van der Waals surface area contributed by atoms with Crippen molar-refractivity contribution in [3.63, 3.8) is 0 Å². The average Bonchev–Trinajstić information content (AvgIpc) is 2.99. The van der Waals surface area contributed by atoms with Gasteiger partial charge in [-0.05, 0) is 22.4 Å². The van der Waals surface area contributed by atoms with E-state index in [-0.39, 0.29) is 24.6 Å². The second kappa shape index (κ2) is 5.04. The Balaban J connectivity index is 1.59. The van der Waals surface area contributed by atoms with E-state index in [1.54, 1.807) is 18.4 Å². The fourth-order valence-electron chi connectivity index (χ4n) is 2.28. The summed E-state index contributed by atoms with van der Waals surface area (Å²) in [6, 6.07) is 2.08. The molecular formula is C12H16O4S. The Kier molecular flexibility index (Phi) is 3.44. The van der Waals surface area contributed by atoms with E-state index in [0.717, 1.165) is 6.42 Å². The molecule has 2 aliphatic rings. The Morgan fingerprint density at radius 2 is 2.41 bits per heavy atom. The molecule has 2 saturated heterocycles. The predicted molar refractivity (Wildman–Crippen MR) is 62.9 cm³/mol. The second-order valence-corrected chi connectivity index (χ2v) is 5.15. The highest BCUT2D eigenvalue weighted by Crippen LogP contribution is 2.31. The van der Waals surface area contributed by atoms with E-state index in [9.17, 15) is 0 Å². The summed E-state index contributed by atoms with van der Waals surface area (Å²) in [5, 5.41) is 4.16. The molecule has 0 radical (unpaired) electrons. The molecule has 0 N–H and O–H groups in total. The summed E-state index contributed by atoms with van der Waals surface area (Å²) >= 11 is 1.69. The second-order valence-electron chi connectivity index (χ2n) is 4.37. The van der Waals surface area contributed by atoms with E-state index in [1.165, 1.54) is 5.56 Å². The van der Waals surface area contributed by atoms with Crippen LogP contribution in [0.15, 0.2) is 16.8 Å². The van der Waals surface area contributed by atoms with Crippen LogP contribution in [0.25, 0.3) is 0 Å². The smallest absolute Gasteiger partial charge is 0.184 e. The Hall–Kier alpha value is -0.460. The molecule has 2 bridgehead atoms. The van der Waals surface area contributed by atoms with Crippen molar-refractivity contribution in [3.05, 3.63) is 22.4 Å². The van der Waals surface area contributed by atoms with Crippen LogP contribution in [-0.2, 0) is 25.6 Å². The highest BCUT2D eigenvalue weighted by atomic mass is 32.1. The van der Waals surface area contributed by atoms with Crippen molar-refractivity contribution in [2.75, 3.05) is 13.7 Å². The summed E-state index contributed by atoms with van der Waals surface area (Å²) in [6.45, 7) is 1.24. The molecule has 2 fully saturated rings. The minimum absolute atomic E-state index is 0.0128. The molecule has 4 nitrogen and oxygen atoms in total. The molecule has 1 aromatic heterocycles. The molecular weight excluding hydrogens is 240 g/mol. The zero-order chi connectivity index (χ0) is 11.7. The van der Waals surface area contributed by atoms with Gasteiger partial charge in [-0.1, -0.05) is 0 Å². The molecule has 94 valence electrons. The van der Waals surface area contributed by atoms with Gasteiger partial charge in [0, 0.05) is 13.5 Å². The lowest BCUT2D eigenvalue weighted by molar-refractivity contribution is -0.200. The van der Waals surface area contributed by atoms with Gasteiger partial charge in [-0.15, -0.1) is 0 Å². The molecule has 3 rings (SSSR count). The third-order valence-electron chi connectivity index (χ3n) is 3.26. The number of hydrogen-bond acceptors (Lipinski definition) is 5. The first kappa shape index (κ1) is 11.6. The van der Waals surface area contributed by atoms with Crippen LogP contribution in [0, 0.1) is 0 Å². The van der Waals surface area contributed by atoms with Crippen LogP contribution in [-0.4, -0.2) is 38.3 Å². The Labute approximate surface area is 104 Å². The summed E-state index contributed by atoms with van der Waals surface area (Å²) < 4.78 is 22.5. The first-order valence-corrected chi connectivity index (χ1v) is 6.73. The number of hydrogen-bond donors (Lipinski definition) is 0. The fourth-order valence-corrected chi connectivity index (χ4v) is 2.94. The molecule has 4 atom stereocenters. The van der Waals surface area contributed by atoms with E-state index in [0.29, 0.717) is 13.2 Å². The quantitative estimate of drug-likeness (QED) is 0.823. The van der Waals surface area contributed by atoms with E-state index in [4.69, 9.17) is 18.9 Å². The first-order valence-electron chi connectivity index (χ1n) is 5.79. The van der Waals surface area contributed by atoms with Crippen LogP contribution in [0.1, 0.15) is 12.0 Å². The van der Waals surface area contributed by atoms with Gasteiger partial charge in [0.15, 0.2) is 6.29 Å². The number of methoxy groups -OCH3 is 1. The van der Waals surface area contributed by atoms with Gasteiger partial charge >= 0.3 is 0 Å². The van der Waals surface area contributed by atoms with Gasteiger partial charge in [-0.2, -0.15) is 11.3 Å². The van der Waals surface area contributed by atoms with Gasteiger partial charge in [-0.3, -0.25) is 0 Å². The Morgan fingerprint density at radius 1 is 1.47 bits per heavy atom. The molecule has 0 spiro atoms. The molecule has 0 amide bonds. The SMILES string of the molecule is CO[C@@H]1C[C@H](OCc2ccsc2)[C@H]2CO[C@@H]1O2. The van der Waals surface area contributed by atoms with Gasteiger partial charge in [-0.25, -0.2) is 0 Å². The minimum atomic E-state index is -0.203. The molecule has 17 heavy (non-hydrogen) atoms. The first-order chi connectivity index (χ1) is 8.36. The van der Waals surface area contributed by atoms with Gasteiger partial charge in [0.1, 0.15) is 12.2 Å². The fraction of sp³-hybridized carbons (Fsp3) is 0.667. The highest BCUT2D eigenvalue weighted by molar-refractivity contribution is 7.07. The summed E-state index contributed by atoms with van der Waals surface area (Å²) in [7, 11) is 1.69. The molecule has 3 heterocycles. The van der Waals surface area contributed by atoms with Gasteiger partial charge < -0.3 is 18.9 Å². The molecule has 0 saturated carbocycles. The molecule has 0 aliphatic carbocycles. The number of thiophene rings is 1. The maximum absolute atomic E-state index is 5.91. The maximum atomic E-state index is 5.91. The van der Waals surface area contributed by atoms with Crippen LogP contribution in [0.4, 0.5) is 0 Å². The van der Waals surface area contributed by atoms with Crippen molar-refractivity contribution in [1.82, 2.24) is 0 Å². The lowest BCUT2D eigenvalue weighted by Gasteiger charge is -2.32. The summed E-state index contributed by atoms with van der Waals surface area (Å²) in [5.41, 5.74) is 1.21. The topological polar surface area (TPSA) is 36.9 Å². The summed E-state index contributed by atoms with van der Waals surface area (Å²) in [4.78, 5) is 0. The van der Waals surface area contributed by atoms with Crippen molar-refractivity contribution in [1.29, 1.82) is 0 Å². The van der Waals surface area contributed by atoms with Gasteiger partial charge in [0.25, 0.3) is 0 Å². The summed E-state index contributed by atoms with van der Waals surface area (Å²) in [5.74, 6) is 0. The maximum Gasteiger partial charge on any atom is 0.184 e. The molecule has 0 aromatic carbocycles. The lowest BCUT2D eigenvalue weighted by atomic mass is 10.0. The third kappa shape index (κ3) is 2.39. The number of fused-ring (bicyclic) bond motifs is 2. The zero-order valence-corrected chi connectivity index (χ0v) is 10.5. The lowest BCUT2D eigenvalue weighted by Crippen LogP contribution is -2.43. The van der Waals surface area contributed by atoms with E-state index >= 15 is 0 Å². The van der Waals surface area contributed by atoms with Gasteiger partial charge in [0.05, 0.1) is 19.3 Å². The summed E-state index contributed by atoms with van der Waals surface area (Å²) in [6.07, 6.45) is 0.756. The van der Waals surface area contributed by atoms with Crippen molar-refractivity contribution in [3.8, 4) is 0 Å². The van der Waals surface area contributed by atoms with Crippen LogP contribution in [0.2, 0.25) is 0 Å². The monoisotopic (exact) mass is 256 g/mol. The average molecular weight is 256 g/mol. The molecule has 1 aromatic rings. The molecule has 5 heteroatoms. The number of ether oxygens (including phenoxy) is 4. The Morgan fingerprint density at radius 3 is 3.18 bits per heavy atom. The largest absolute Gasteiger partial charge is 0.376 e. The van der Waals surface area contributed by atoms with Crippen LogP contribution < -0.4 is 0 Å². The zero-order valence-electron chi connectivity index (χ0n) is 9.70. The van der Waals surface area contributed by atoms with Crippen molar-refractivity contribution >= 4 is 11.3 Å². The normalized spacial score (nSPS) is 36.3. The number of rotatable bonds is 4. The van der Waals surface area contributed by atoms with Crippen LogP contribution in [0.5, 0.6) is 0 Å². The van der Waals surface area contributed by atoms with E-state index in [1.807, 2.05) is 0 Å². The van der Waals surface area contributed by atoms with Crippen molar-refractivity contribution in [2.45, 2.75) is 37.6 Å². The van der Waals surface area contributed by atoms with Gasteiger partial charge in [0.2, 0.25) is 0 Å².